The Kier molecular flexibility index (Phi) is 13.1. The van der Waals surface area contributed by atoms with Crippen LogP contribution in [0, 0.1) is 0 Å². The molecule has 2 nitrogen and oxygen atoms in total. The van der Waals surface area contributed by atoms with E-state index in [9.17, 15) is 0 Å². The summed E-state index contributed by atoms with van der Waals surface area (Å²) < 4.78 is 10.5. The van der Waals surface area contributed by atoms with Gasteiger partial charge in [0, 0.05) is 14.2 Å². The number of rotatable bonds is 5. The first-order chi connectivity index (χ1) is 5.68. The highest BCUT2D eigenvalue weighted by atomic mass is 32.3. The van der Waals surface area contributed by atoms with Crippen molar-refractivity contribution < 1.29 is 8.85 Å². The van der Waals surface area contributed by atoms with Gasteiger partial charge in [-0.1, -0.05) is 0 Å². The van der Waals surface area contributed by atoms with E-state index < -0.39 is 8.56 Å². The van der Waals surface area contributed by atoms with Crippen LogP contribution in [0.1, 0.15) is 6.42 Å². The Bertz CT molecular complexity index is 91.6. The summed E-state index contributed by atoms with van der Waals surface area (Å²) in [6.07, 6.45) is 1.08. The maximum Gasteiger partial charge on any atom is 0.334 e. The molecule has 0 saturated heterocycles. The van der Waals surface area contributed by atoms with Crippen molar-refractivity contribution in [3.63, 3.8) is 0 Å². The average molecular weight is 245 g/mol. The van der Waals surface area contributed by atoms with Crippen molar-refractivity contribution in [3.05, 3.63) is 0 Å². The van der Waals surface area contributed by atoms with E-state index in [1.807, 2.05) is 0 Å². The molecule has 0 saturated carbocycles. The smallest absolute Gasteiger partial charge is 0.334 e. The van der Waals surface area contributed by atoms with E-state index in [4.69, 9.17) is 8.85 Å². The van der Waals surface area contributed by atoms with E-state index in [0.717, 1.165) is 27.6 Å². The highest BCUT2D eigenvalue weighted by molar-refractivity contribution is 8.03. The van der Waals surface area contributed by atoms with Crippen molar-refractivity contribution in [1.82, 2.24) is 0 Å². The lowest BCUT2D eigenvalue weighted by Crippen LogP contribution is -2.35. The van der Waals surface area contributed by atoms with Gasteiger partial charge in [0.1, 0.15) is 0 Å². The topological polar surface area (TPSA) is 18.5 Å². The number of hydrogen-bond acceptors (Lipinski definition) is 4. The molecular weight excluding hydrogens is 224 g/mol. The summed E-state index contributed by atoms with van der Waals surface area (Å²) in [6, 6.07) is 1.03. The van der Waals surface area contributed by atoms with Gasteiger partial charge in [0.25, 0.3) is 0 Å². The molecule has 12 heavy (non-hydrogen) atoms. The summed E-state index contributed by atoms with van der Waals surface area (Å²) >= 11 is 7.79. The molecule has 0 amide bonds. The zero-order chi connectivity index (χ0) is 10.0. The molecule has 0 aromatic rings. The van der Waals surface area contributed by atoms with Crippen LogP contribution in [0.25, 0.3) is 0 Å². The van der Waals surface area contributed by atoms with Gasteiger partial charge < -0.3 is 8.85 Å². The summed E-state index contributed by atoms with van der Waals surface area (Å²) in [7, 11) is 2.67. The first-order valence-electron chi connectivity index (χ1n) is 3.84. The Morgan fingerprint density at radius 3 is 1.92 bits per heavy atom. The third-order valence-electron chi connectivity index (χ3n) is 1.65. The minimum Gasteiger partial charge on any atom is -0.398 e. The molecule has 76 valence electrons. The summed E-state index contributed by atoms with van der Waals surface area (Å²) in [4.78, 5) is 0. The molecule has 0 heterocycles. The van der Waals surface area contributed by atoms with Crippen molar-refractivity contribution in [2.45, 2.75) is 19.0 Å². The van der Waals surface area contributed by atoms with Gasteiger partial charge >= 0.3 is 8.56 Å². The Morgan fingerprint density at radius 1 is 1.25 bits per heavy atom. The molecule has 0 spiro atoms. The van der Waals surface area contributed by atoms with Crippen LogP contribution in [0.3, 0.4) is 0 Å². The van der Waals surface area contributed by atoms with Crippen LogP contribution in [0.15, 0.2) is 0 Å². The van der Waals surface area contributed by atoms with Crippen LogP contribution in [0.4, 0.5) is 0 Å². The van der Waals surface area contributed by atoms with Crippen LogP contribution >= 0.6 is 24.7 Å². The summed E-state index contributed by atoms with van der Waals surface area (Å²) in [6.45, 7) is 2.07. The Balaban J connectivity index is 0. The Hall–Kier alpha value is 1.05. The van der Waals surface area contributed by atoms with Gasteiger partial charge in [-0.2, -0.15) is 12.6 Å². The van der Waals surface area contributed by atoms with E-state index in [-0.39, 0.29) is 0 Å². The third-order valence-corrected chi connectivity index (χ3v) is 4.96. The van der Waals surface area contributed by atoms with E-state index in [0.29, 0.717) is 0 Å². The molecule has 0 bridgehead atoms. The SMILES string of the molecule is CO[Si](C)(CCCS)OC.[SiH3]S. The Morgan fingerprint density at radius 2 is 1.67 bits per heavy atom. The van der Waals surface area contributed by atoms with Crippen molar-refractivity contribution in [1.29, 1.82) is 0 Å². The van der Waals surface area contributed by atoms with Gasteiger partial charge in [0.2, 0.25) is 0 Å². The molecule has 0 aliphatic carbocycles. The van der Waals surface area contributed by atoms with Crippen LogP contribution in [0.2, 0.25) is 12.6 Å². The van der Waals surface area contributed by atoms with Gasteiger partial charge in [-0.05, 0) is 24.8 Å². The van der Waals surface area contributed by atoms with Crippen LogP contribution in [-0.4, -0.2) is 37.9 Å². The monoisotopic (exact) mass is 244 g/mol. The molecule has 0 radical (unpaired) electrons. The Labute approximate surface area is 90.5 Å². The fraction of sp³-hybridized carbons (Fsp3) is 1.00. The molecule has 0 fully saturated rings. The fourth-order valence-corrected chi connectivity index (χ4v) is 2.54. The zero-order valence-corrected chi connectivity index (χ0v) is 13.1. The number of thiol groups is 2. The van der Waals surface area contributed by atoms with E-state index in [1.54, 1.807) is 14.2 Å². The largest absolute Gasteiger partial charge is 0.398 e. The van der Waals surface area contributed by atoms with Gasteiger partial charge in [0.15, 0.2) is 0 Å². The zero-order valence-electron chi connectivity index (χ0n) is 8.33. The number of hydrogen-bond donors (Lipinski definition) is 2. The molecule has 6 heteroatoms. The van der Waals surface area contributed by atoms with Crippen LogP contribution in [0.5, 0.6) is 0 Å². The minimum absolute atomic E-state index is 0.912. The molecule has 0 rings (SSSR count). The molecule has 0 unspecified atom stereocenters. The minimum atomic E-state index is -1.77. The second-order valence-electron chi connectivity index (χ2n) is 2.37. The van der Waals surface area contributed by atoms with Crippen molar-refractivity contribution in [3.8, 4) is 0 Å². The van der Waals surface area contributed by atoms with Gasteiger partial charge in [0.05, 0.1) is 9.39 Å². The molecule has 0 aliphatic heterocycles. The summed E-state index contributed by atoms with van der Waals surface area (Å²) in [5.74, 6) is 0.912. The van der Waals surface area contributed by atoms with E-state index in [2.05, 4.69) is 31.3 Å². The summed E-state index contributed by atoms with van der Waals surface area (Å²) in [5.41, 5.74) is 0. The van der Waals surface area contributed by atoms with Crippen LogP contribution in [-0.2, 0) is 8.85 Å². The molecule has 0 N–H and O–H groups in total. The van der Waals surface area contributed by atoms with Crippen molar-refractivity contribution in [2.24, 2.45) is 0 Å². The lowest BCUT2D eigenvalue weighted by molar-refractivity contribution is 0.249. The molecule has 0 atom stereocenters. The second-order valence-corrected chi connectivity index (χ2v) is 6.40. The van der Waals surface area contributed by atoms with Gasteiger partial charge in [-0.3, -0.25) is 0 Å². The quantitative estimate of drug-likeness (QED) is 0.552. The predicted molar refractivity (Wildman–Crippen MR) is 67.8 cm³/mol. The first kappa shape index (κ1) is 15.5. The predicted octanol–water partition coefficient (Wildman–Crippen LogP) is 0.868. The molecule has 0 aromatic heterocycles. The first-order valence-corrected chi connectivity index (χ1v) is 10.6. The van der Waals surface area contributed by atoms with Crippen molar-refractivity contribution in [2.75, 3.05) is 20.0 Å². The fourth-order valence-electron chi connectivity index (χ4n) is 0.688. The highest BCUT2D eigenvalue weighted by Crippen LogP contribution is 2.13. The lowest BCUT2D eigenvalue weighted by atomic mass is 10.6. The normalized spacial score (nSPS) is 10.8. The van der Waals surface area contributed by atoms with E-state index in [1.165, 1.54) is 0 Å². The lowest BCUT2D eigenvalue weighted by Gasteiger charge is -2.21. The average Bonchev–Trinajstić information content (AvgIpc) is 2.17. The molecular formula is C6H20O2S2Si2. The summed E-state index contributed by atoms with van der Waals surface area (Å²) in [5, 5.41) is 0. The van der Waals surface area contributed by atoms with Gasteiger partial charge in [-0.15, -0.1) is 0 Å². The van der Waals surface area contributed by atoms with Crippen LogP contribution < -0.4 is 0 Å². The maximum atomic E-state index is 5.27. The second kappa shape index (κ2) is 10.1. The standard InChI is InChI=1S/C6H16O2SSi.H4SSi/c1-7-10(3,8-2)6-4-5-9;1-2/h9H,4-6H2,1-3H3;1H,2H3. The van der Waals surface area contributed by atoms with Crippen molar-refractivity contribution >= 4 is 42.7 Å². The molecule has 0 aromatic carbocycles. The maximum absolute atomic E-state index is 5.27. The van der Waals surface area contributed by atoms with Gasteiger partial charge in [-0.25, -0.2) is 12.1 Å². The highest BCUT2D eigenvalue weighted by Gasteiger charge is 2.27. The molecule has 0 aliphatic rings. The van der Waals surface area contributed by atoms with E-state index >= 15 is 0 Å². The third kappa shape index (κ3) is 7.69.